The highest BCUT2D eigenvalue weighted by Crippen LogP contribution is 2.38. The van der Waals surface area contributed by atoms with Gasteiger partial charge in [0.25, 0.3) is 0 Å². The summed E-state index contributed by atoms with van der Waals surface area (Å²) in [6.45, 7) is 4.08. The van der Waals surface area contributed by atoms with Crippen molar-refractivity contribution in [3.63, 3.8) is 0 Å². The van der Waals surface area contributed by atoms with E-state index in [2.05, 4.69) is 4.98 Å². The molecule has 0 unspecified atom stereocenters. The number of nitrogens with zero attached hydrogens (tertiary/aromatic N) is 2. The molecular formula is C18H18N2O3. The maximum absolute atomic E-state index is 12.5. The van der Waals surface area contributed by atoms with Crippen LogP contribution >= 0.6 is 0 Å². The van der Waals surface area contributed by atoms with Crippen LogP contribution in [0.1, 0.15) is 23.6 Å². The van der Waals surface area contributed by atoms with Crippen molar-refractivity contribution < 1.29 is 14.3 Å². The fourth-order valence-corrected chi connectivity index (χ4v) is 2.95. The Kier molecular flexibility index (Phi) is 4.10. The molecule has 3 rings (SSSR count). The van der Waals surface area contributed by atoms with Crippen molar-refractivity contribution in [3.8, 4) is 0 Å². The molecule has 1 aromatic heterocycles. The molecule has 0 bridgehead atoms. The van der Waals surface area contributed by atoms with Crippen LogP contribution in [-0.4, -0.2) is 23.5 Å². The Labute approximate surface area is 134 Å². The number of pyridine rings is 1. The van der Waals surface area contributed by atoms with Gasteiger partial charge in [-0.05, 0) is 37.1 Å². The van der Waals surface area contributed by atoms with Crippen molar-refractivity contribution in [2.45, 2.75) is 26.7 Å². The van der Waals surface area contributed by atoms with Crippen LogP contribution in [0, 0.1) is 6.92 Å². The summed E-state index contributed by atoms with van der Waals surface area (Å²) in [5.74, 6) is 0.250. The molecule has 23 heavy (non-hydrogen) atoms. The van der Waals surface area contributed by atoms with E-state index < -0.39 is 0 Å². The van der Waals surface area contributed by atoms with Crippen LogP contribution in [0.3, 0.4) is 0 Å². The van der Waals surface area contributed by atoms with Crippen LogP contribution in [0.4, 0.5) is 11.5 Å². The Bertz CT molecular complexity index is 756. The Morgan fingerprint density at radius 3 is 2.87 bits per heavy atom. The fraction of sp³-hybridized carbons (Fsp3) is 0.278. The second-order valence-corrected chi connectivity index (χ2v) is 5.51. The Morgan fingerprint density at radius 2 is 2.17 bits per heavy atom. The highest BCUT2D eigenvalue weighted by molar-refractivity contribution is 6.07. The summed E-state index contributed by atoms with van der Waals surface area (Å²) < 4.78 is 5.06. The number of hydrogen-bond acceptors (Lipinski definition) is 4. The summed E-state index contributed by atoms with van der Waals surface area (Å²) in [6.07, 6.45) is 2.12. The van der Waals surface area contributed by atoms with Crippen LogP contribution in [0.25, 0.3) is 0 Å². The van der Waals surface area contributed by atoms with Gasteiger partial charge in [0.05, 0.1) is 25.1 Å². The molecule has 0 fully saturated rings. The van der Waals surface area contributed by atoms with Crippen molar-refractivity contribution in [2.75, 3.05) is 11.5 Å². The predicted octanol–water partition coefficient (Wildman–Crippen LogP) is 2.72. The lowest BCUT2D eigenvalue weighted by molar-refractivity contribution is -0.142. The number of anilines is 2. The molecule has 1 aliphatic rings. The third-order valence-corrected chi connectivity index (χ3v) is 3.75. The summed E-state index contributed by atoms with van der Waals surface area (Å²) >= 11 is 0. The number of ether oxygens (including phenoxy) is 1. The van der Waals surface area contributed by atoms with Gasteiger partial charge in [-0.3, -0.25) is 14.5 Å². The van der Waals surface area contributed by atoms with Crippen molar-refractivity contribution in [1.82, 2.24) is 4.98 Å². The van der Waals surface area contributed by atoms with E-state index in [0.29, 0.717) is 18.8 Å². The molecule has 0 spiro atoms. The minimum Gasteiger partial charge on any atom is -0.466 e. The number of aryl methyl sites for hydroxylation is 1. The molecule has 5 nitrogen and oxygen atoms in total. The molecule has 2 aromatic rings. The molecular weight excluding hydrogens is 292 g/mol. The zero-order valence-electron chi connectivity index (χ0n) is 13.2. The fourth-order valence-electron chi connectivity index (χ4n) is 2.95. The number of esters is 1. The highest BCUT2D eigenvalue weighted by Gasteiger charge is 2.32. The lowest BCUT2D eigenvalue weighted by Gasteiger charge is -2.20. The quantitative estimate of drug-likeness (QED) is 0.815. The lowest BCUT2D eigenvalue weighted by Crippen LogP contribution is -2.23. The molecule has 0 atom stereocenters. The van der Waals surface area contributed by atoms with Crippen LogP contribution in [0.2, 0.25) is 0 Å². The average molecular weight is 310 g/mol. The summed E-state index contributed by atoms with van der Waals surface area (Å²) in [7, 11) is 0. The third kappa shape index (κ3) is 2.95. The van der Waals surface area contributed by atoms with Crippen molar-refractivity contribution in [1.29, 1.82) is 0 Å². The summed E-state index contributed by atoms with van der Waals surface area (Å²) in [5.41, 5.74) is 3.53. The number of carbonyl (C=O) groups excluding carboxylic acids is 2. The smallest absolute Gasteiger partial charge is 0.310 e. The van der Waals surface area contributed by atoms with E-state index in [1.165, 1.54) is 0 Å². The SMILES string of the molecule is CCOC(=O)Cc1cc(C)cc2c1N(c1ccccn1)C(=O)C2. The van der Waals surface area contributed by atoms with E-state index in [0.717, 1.165) is 22.4 Å². The van der Waals surface area contributed by atoms with E-state index in [1.807, 2.05) is 25.1 Å². The monoisotopic (exact) mass is 310 g/mol. The molecule has 1 amide bonds. The molecule has 5 heteroatoms. The summed E-state index contributed by atoms with van der Waals surface area (Å²) in [4.78, 5) is 30.3. The zero-order chi connectivity index (χ0) is 16.4. The van der Waals surface area contributed by atoms with Gasteiger partial charge in [-0.25, -0.2) is 4.98 Å². The maximum Gasteiger partial charge on any atom is 0.310 e. The predicted molar refractivity (Wildman–Crippen MR) is 86.6 cm³/mol. The van der Waals surface area contributed by atoms with Gasteiger partial charge in [0.15, 0.2) is 0 Å². The Morgan fingerprint density at radius 1 is 1.35 bits per heavy atom. The van der Waals surface area contributed by atoms with E-state index in [1.54, 1.807) is 30.2 Å². The Balaban J connectivity index is 2.07. The number of aromatic nitrogens is 1. The number of rotatable bonds is 4. The van der Waals surface area contributed by atoms with E-state index in [-0.39, 0.29) is 18.3 Å². The van der Waals surface area contributed by atoms with Crippen LogP contribution < -0.4 is 4.90 Å². The van der Waals surface area contributed by atoms with Gasteiger partial charge < -0.3 is 4.74 Å². The normalized spacial score (nSPS) is 13.1. The Hall–Kier alpha value is -2.69. The second-order valence-electron chi connectivity index (χ2n) is 5.51. The molecule has 118 valence electrons. The van der Waals surface area contributed by atoms with Crippen LogP contribution in [-0.2, 0) is 27.2 Å². The first-order valence-corrected chi connectivity index (χ1v) is 7.62. The topological polar surface area (TPSA) is 59.5 Å². The first-order valence-electron chi connectivity index (χ1n) is 7.62. The van der Waals surface area contributed by atoms with E-state index in [4.69, 9.17) is 4.74 Å². The van der Waals surface area contributed by atoms with Gasteiger partial charge in [-0.1, -0.05) is 23.8 Å². The number of amides is 1. The van der Waals surface area contributed by atoms with Gasteiger partial charge in [0, 0.05) is 6.20 Å². The molecule has 0 aliphatic carbocycles. The first kappa shape index (κ1) is 15.2. The number of fused-ring (bicyclic) bond motifs is 1. The molecule has 1 aliphatic heterocycles. The highest BCUT2D eigenvalue weighted by atomic mass is 16.5. The van der Waals surface area contributed by atoms with Crippen LogP contribution in [0.15, 0.2) is 36.5 Å². The maximum atomic E-state index is 12.5. The average Bonchev–Trinajstić information content (AvgIpc) is 2.84. The zero-order valence-corrected chi connectivity index (χ0v) is 13.2. The van der Waals surface area contributed by atoms with Gasteiger partial charge in [-0.15, -0.1) is 0 Å². The molecule has 0 radical (unpaired) electrons. The standard InChI is InChI=1S/C18H18N2O3/c1-3-23-17(22)11-14-9-12(2)8-13-10-16(21)20(18(13)14)15-6-4-5-7-19-15/h4-9H,3,10-11H2,1-2H3. The molecule has 0 N–H and O–H groups in total. The van der Waals surface area contributed by atoms with Gasteiger partial charge in [0.1, 0.15) is 5.82 Å². The second kappa shape index (κ2) is 6.20. The van der Waals surface area contributed by atoms with Crippen LogP contribution in [0.5, 0.6) is 0 Å². The summed E-state index contributed by atoms with van der Waals surface area (Å²) in [6, 6.07) is 9.36. The number of carbonyl (C=O) groups is 2. The van der Waals surface area contributed by atoms with Crippen molar-refractivity contribution >= 4 is 23.4 Å². The van der Waals surface area contributed by atoms with Gasteiger partial charge in [-0.2, -0.15) is 0 Å². The minimum atomic E-state index is -0.291. The lowest BCUT2D eigenvalue weighted by atomic mass is 10.0. The number of hydrogen-bond donors (Lipinski definition) is 0. The van der Waals surface area contributed by atoms with Gasteiger partial charge in [0.2, 0.25) is 5.91 Å². The third-order valence-electron chi connectivity index (χ3n) is 3.75. The van der Waals surface area contributed by atoms with E-state index >= 15 is 0 Å². The number of benzene rings is 1. The summed E-state index contributed by atoms with van der Waals surface area (Å²) in [5, 5.41) is 0. The largest absolute Gasteiger partial charge is 0.466 e. The minimum absolute atomic E-state index is 0.0330. The molecule has 1 aromatic carbocycles. The molecule has 0 saturated heterocycles. The first-order chi connectivity index (χ1) is 11.1. The van der Waals surface area contributed by atoms with Crippen molar-refractivity contribution in [3.05, 3.63) is 53.2 Å². The molecule has 0 saturated carbocycles. The van der Waals surface area contributed by atoms with Crippen molar-refractivity contribution in [2.24, 2.45) is 0 Å². The van der Waals surface area contributed by atoms with E-state index in [9.17, 15) is 9.59 Å². The molecule has 2 heterocycles. The van der Waals surface area contributed by atoms with Gasteiger partial charge >= 0.3 is 5.97 Å².